The number of furan rings is 1. The minimum absolute atomic E-state index is 0.0795. The van der Waals surface area contributed by atoms with Gasteiger partial charge in [-0.3, -0.25) is 4.79 Å². The molecule has 0 aliphatic carbocycles. The molecule has 0 radical (unpaired) electrons. The Morgan fingerprint density at radius 2 is 2.47 bits per heavy atom. The third-order valence-corrected chi connectivity index (χ3v) is 3.07. The third-order valence-electron chi connectivity index (χ3n) is 3.07. The maximum atomic E-state index is 11.1. The van der Waals surface area contributed by atoms with Crippen LogP contribution in [-0.4, -0.2) is 22.6 Å². The topological polar surface area (TPSA) is 93.2 Å². The fourth-order valence-electron chi connectivity index (χ4n) is 2.00. The van der Waals surface area contributed by atoms with Gasteiger partial charge in [0.25, 0.3) is 0 Å². The van der Waals surface area contributed by atoms with E-state index in [1.165, 1.54) is 0 Å². The van der Waals surface area contributed by atoms with Gasteiger partial charge in [0.15, 0.2) is 5.82 Å². The Morgan fingerprint density at radius 3 is 3.21 bits per heavy atom. The molecule has 1 unspecified atom stereocenters. The van der Waals surface area contributed by atoms with Crippen LogP contribution in [0.4, 0.5) is 6.01 Å². The number of hydrogen-bond acceptors (Lipinski definition) is 6. The first-order valence-corrected chi connectivity index (χ1v) is 6.18. The molecular formula is C12H14N4O3. The Kier molecular flexibility index (Phi) is 3.18. The van der Waals surface area contributed by atoms with Crippen LogP contribution in [0.3, 0.4) is 0 Å². The van der Waals surface area contributed by atoms with Crippen LogP contribution in [0.15, 0.2) is 27.3 Å². The molecule has 1 fully saturated rings. The molecule has 2 aromatic rings. The molecule has 0 bridgehead atoms. The van der Waals surface area contributed by atoms with Crippen LogP contribution in [0.5, 0.6) is 0 Å². The molecule has 19 heavy (non-hydrogen) atoms. The van der Waals surface area contributed by atoms with E-state index in [0.717, 1.165) is 12.2 Å². The quantitative estimate of drug-likeness (QED) is 0.861. The van der Waals surface area contributed by atoms with Crippen molar-refractivity contribution >= 4 is 11.9 Å². The van der Waals surface area contributed by atoms with E-state index in [1.807, 2.05) is 12.1 Å². The lowest BCUT2D eigenvalue weighted by Gasteiger charge is -2.18. The number of anilines is 1. The number of nitrogens with one attached hydrogen (secondary N) is 2. The summed E-state index contributed by atoms with van der Waals surface area (Å²) in [6, 6.07) is 4.05. The summed E-state index contributed by atoms with van der Waals surface area (Å²) < 4.78 is 10.3. The van der Waals surface area contributed by atoms with Gasteiger partial charge in [0.1, 0.15) is 5.76 Å². The Morgan fingerprint density at radius 1 is 1.53 bits per heavy atom. The summed E-state index contributed by atoms with van der Waals surface area (Å²) in [6.45, 7) is 1.06. The highest BCUT2D eigenvalue weighted by atomic mass is 16.5. The van der Waals surface area contributed by atoms with Crippen molar-refractivity contribution in [1.82, 2.24) is 15.5 Å². The van der Waals surface area contributed by atoms with Crippen molar-refractivity contribution in [3.63, 3.8) is 0 Å². The lowest BCUT2D eigenvalue weighted by atomic mass is 9.99. The number of amides is 1. The average Bonchev–Trinajstić information content (AvgIpc) is 3.09. The normalized spacial score (nSPS) is 19.2. The Bertz CT molecular complexity index is 539. The van der Waals surface area contributed by atoms with Gasteiger partial charge in [0, 0.05) is 18.9 Å². The van der Waals surface area contributed by atoms with Gasteiger partial charge < -0.3 is 19.6 Å². The van der Waals surface area contributed by atoms with Crippen molar-refractivity contribution in [1.29, 1.82) is 0 Å². The highest BCUT2D eigenvalue weighted by molar-refractivity contribution is 5.76. The Labute approximate surface area is 109 Å². The number of carbonyl (C=O) groups excluding carboxylic acids is 1. The fraction of sp³-hybridized carbons (Fsp3) is 0.417. The zero-order chi connectivity index (χ0) is 13.1. The minimum atomic E-state index is 0.0795. The first-order chi connectivity index (χ1) is 9.31. The van der Waals surface area contributed by atoms with Gasteiger partial charge in [-0.2, -0.15) is 4.98 Å². The number of aromatic nitrogens is 2. The lowest BCUT2D eigenvalue weighted by Crippen LogP contribution is -2.34. The van der Waals surface area contributed by atoms with E-state index in [1.54, 1.807) is 6.26 Å². The molecule has 2 aromatic heterocycles. The molecular weight excluding hydrogens is 248 g/mol. The van der Waals surface area contributed by atoms with Crippen molar-refractivity contribution in [2.45, 2.75) is 25.3 Å². The van der Waals surface area contributed by atoms with E-state index < -0.39 is 0 Å². The summed E-state index contributed by atoms with van der Waals surface area (Å²) in [5.74, 6) is 1.63. The first kappa shape index (κ1) is 11.8. The predicted octanol–water partition coefficient (Wildman–Crippen LogP) is 1.27. The summed E-state index contributed by atoms with van der Waals surface area (Å²) in [5.41, 5.74) is 0. The first-order valence-electron chi connectivity index (χ1n) is 6.18. The van der Waals surface area contributed by atoms with Gasteiger partial charge in [-0.25, -0.2) is 0 Å². The second-order valence-corrected chi connectivity index (χ2v) is 4.43. The standard InChI is InChI=1S/C12H14N4O3/c17-10-4-3-8(6-13-10)11-15-12(19-16-11)14-7-9-2-1-5-18-9/h1-2,5,8H,3-4,6-7H2,(H,13,17)(H,14,15,16). The molecule has 7 heteroatoms. The van der Waals surface area contributed by atoms with Gasteiger partial charge in [-0.1, -0.05) is 5.16 Å². The summed E-state index contributed by atoms with van der Waals surface area (Å²) >= 11 is 0. The van der Waals surface area contributed by atoms with Crippen LogP contribution in [0, 0.1) is 0 Å². The summed E-state index contributed by atoms with van der Waals surface area (Å²) in [5, 5.41) is 9.73. The van der Waals surface area contributed by atoms with Crippen molar-refractivity contribution in [3.05, 3.63) is 30.0 Å². The van der Waals surface area contributed by atoms with Crippen molar-refractivity contribution in [3.8, 4) is 0 Å². The van der Waals surface area contributed by atoms with Gasteiger partial charge in [-0.05, 0) is 18.6 Å². The molecule has 1 aliphatic rings. The highest BCUT2D eigenvalue weighted by Crippen LogP contribution is 2.22. The highest BCUT2D eigenvalue weighted by Gasteiger charge is 2.23. The zero-order valence-electron chi connectivity index (χ0n) is 10.3. The van der Waals surface area contributed by atoms with E-state index in [9.17, 15) is 4.79 Å². The molecule has 1 saturated heterocycles. The second-order valence-electron chi connectivity index (χ2n) is 4.43. The van der Waals surface area contributed by atoms with E-state index >= 15 is 0 Å². The third kappa shape index (κ3) is 2.75. The largest absolute Gasteiger partial charge is 0.467 e. The minimum Gasteiger partial charge on any atom is -0.467 e. The van der Waals surface area contributed by atoms with Crippen LogP contribution in [-0.2, 0) is 11.3 Å². The molecule has 1 atom stereocenters. The maximum absolute atomic E-state index is 11.1. The number of carbonyl (C=O) groups is 1. The van der Waals surface area contributed by atoms with Crippen molar-refractivity contribution < 1.29 is 13.7 Å². The molecule has 0 saturated carbocycles. The summed E-state index contributed by atoms with van der Waals surface area (Å²) in [7, 11) is 0. The Balaban J connectivity index is 1.58. The molecule has 3 heterocycles. The number of nitrogens with zero attached hydrogens (tertiary/aromatic N) is 2. The van der Waals surface area contributed by atoms with E-state index in [2.05, 4.69) is 20.8 Å². The van der Waals surface area contributed by atoms with E-state index in [4.69, 9.17) is 8.94 Å². The van der Waals surface area contributed by atoms with Gasteiger partial charge in [0.2, 0.25) is 5.91 Å². The molecule has 100 valence electrons. The molecule has 3 rings (SSSR count). The lowest BCUT2D eigenvalue weighted by molar-refractivity contribution is -0.122. The smallest absolute Gasteiger partial charge is 0.321 e. The van der Waals surface area contributed by atoms with Gasteiger partial charge >= 0.3 is 6.01 Å². The average molecular weight is 262 g/mol. The zero-order valence-corrected chi connectivity index (χ0v) is 10.3. The molecule has 0 spiro atoms. The second kappa shape index (κ2) is 5.13. The van der Waals surface area contributed by atoms with Crippen molar-refractivity contribution in [2.24, 2.45) is 0 Å². The van der Waals surface area contributed by atoms with Gasteiger partial charge in [0.05, 0.1) is 12.8 Å². The van der Waals surface area contributed by atoms with Crippen LogP contribution < -0.4 is 10.6 Å². The monoisotopic (exact) mass is 262 g/mol. The van der Waals surface area contributed by atoms with Crippen molar-refractivity contribution in [2.75, 3.05) is 11.9 Å². The molecule has 1 amide bonds. The number of piperidine rings is 1. The molecule has 0 aromatic carbocycles. The fourth-order valence-corrected chi connectivity index (χ4v) is 2.00. The van der Waals surface area contributed by atoms with E-state index in [0.29, 0.717) is 31.3 Å². The molecule has 7 nitrogen and oxygen atoms in total. The van der Waals surface area contributed by atoms with Crippen LogP contribution in [0.2, 0.25) is 0 Å². The van der Waals surface area contributed by atoms with Gasteiger partial charge in [-0.15, -0.1) is 0 Å². The van der Waals surface area contributed by atoms with Crippen LogP contribution >= 0.6 is 0 Å². The SMILES string of the molecule is O=C1CCC(c2noc(NCc3ccco3)n2)CN1. The Hall–Kier alpha value is -2.31. The molecule has 1 aliphatic heterocycles. The van der Waals surface area contributed by atoms with Crippen LogP contribution in [0.25, 0.3) is 0 Å². The molecule has 2 N–H and O–H groups in total. The number of hydrogen-bond donors (Lipinski definition) is 2. The maximum Gasteiger partial charge on any atom is 0.321 e. The number of rotatable bonds is 4. The summed E-state index contributed by atoms with van der Waals surface area (Å²) in [6.07, 6.45) is 2.87. The van der Waals surface area contributed by atoms with E-state index in [-0.39, 0.29) is 11.8 Å². The predicted molar refractivity (Wildman–Crippen MR) is 65.3 cm³/mol. The van der Waals surface area contributed by atoms with Crippen LogP contribution in [0.1, 0.15) is 30.3 Å². The summed E-state index contributed by atoms with van der Waals surface area (Å²) in [4.78, 5) is 15.4.